The summed E-state index contributed by atoms with van der Waals surface area (Å²) in [4.78, 5) is 16.9. The lowest BCUT2D eigenvalue weighted by molar-refractivity contribution is 0.0138. The zero-order chi connectivity index (χ0) is 13.2. The second-order valence-electron chi connectivity index (χ2n) is 5.26. The van der Waals surface area contributed by atoms with Crippen LogP contribution in [0.15, 0.2) is 12.1 Å². The van der Waals surface area contributed by atoms with Gasteiger partial charge in [-0.2, -0.15) is 5.10 Å². The zero-order valence-corrected chi connectivity index (χ0v) is 11.2. The smallest absolute Gasteiger partial charge is 0.271 e. The molecule has 3 aliphatic rings. The molecule has 19 heavy (non-hydrogen) atoms. The lowest BCUT2D eigenvalue weighted by Crippen LogP contribution is -2.63. The predicted molar refractivity (Wildman–Crippen MR) is 70.9 cm³/mol. The molecule has 4 heterocycles. The van der Waals surface area contributed by atoms with E-state index in [0.717, 1.165) is 38.4 Å². The predicted octanol–water partition coefficient (Wildman–Crippen LogP) is -0.485. The molecule has 0 radical (unpaired) electrons. The Balaban J connectivity index is 1.54. The fraction of sp³-hybridized carbons (Fsp3) is 0.615. The van der Waals surface area contributed by atoms with Crippen LogP contribution in [0.25, 0.3) is 0 Å². The van der Waals surface area contributed by atoms with Crippen LogP contribution in [0.3, 0.4) is 0 Å². The minimum Gasteiger partial charge on any atom is -0.349 e. The van der Waals surface area contributed by atoms with Gasteiger partial charge in [0, 0.05) is 45.3 Å². The maximum atomic E-state index is 12.0. The van der Waals surface area contributed by atoms with E-state index in [1.807, 2.05) is 6.92 Å². The summed E-state index contributed by atoms with van der Waals surface area (Å²) in [6, 6.07) is 3.96. The number of carbonyl (C=O) groups excluding carboxylic acids is 1. The minimum absolute atomic E-state index is 0.134. The number of rotatable bonds is 3. The zero-order valence-electron chi connectivity index (χ0n) is 11.2. The SMILES string of the molecule is Cc1ccc(C(=O)NCC2CN3CCN2CC3)nn1. The molecule has 0 saturated carbocycles. The summed E-state index contributed by atoms with van der Waals surface area (Å²) >= 11 is 0. The normalized spacial score (nSPS) is 29.2. The molecule has 3 aliphatic heterocycles. The van der Waals surface area contributed by atoms with E-state index >= 15 is 0 Å². The van der Waals surface area contributed by atoms with Gasteiger partial charge >= 0.3 is 0 Å². The van der Waals surface area contributed by atoms with Gasteiger partial charge in [0.15, 0.2) is 5.69 Å². The molecule has 2 bridgehead atoms. The Morgan fingerprint density at radius 2 is 2.11 bits per heavy atom. The summed E-state index contributed by atoms with van der Waals surface area (Å²) in [6.07, 6.45) is 0. The Morgan fingerprint density at radius 1 is 1.32 bits per heavy atom. The second-order valence-corrected chi connectivity index (χ2v) is 5.26. The van der Waals surface area contributed by atoms with Gasteiger partial charge in [0.1, 0.15) is 0 Å². The number of carbonyl (C=O) groups is 1. The van der Waals surface area contributed by atoms with Gasteiger partial charge < -0.3 is 5.32 Å². The topological polar surface area (TPSA) is 61.4 Å². The van der Waals surface area contributed by atoms with E-state index in [1.165, 1.54) is 0 Å². The highest BCUT2D eigenvalue weighted by Gasteiger charge is 2.31. The maximum absolute atomic E-state index is 12.0. The first kappa shape index (κ1) is 12.5. The summed E-state index contributed by atoms with van der Waals surface area (Å²) in [5.74, 6) is -0.134. The molecule has 4 rings (SSSR count). The fourth-order valence-corrected chi connectivity index (χ4v) is 2.74. The van der Waals surface area contributed by atoms with E-state index in [-0.39, 0.29) is 5.91 Å². The number of fused-ring (bicyclic) bond motifs is 3. The Labute approximate surface area is 112 Å². The van der Waals surface area contributed by atoms with Crippen LogP contribution < -0.4 is 5.32 Å². The number of nitrogens with zero attached hydrogens (tertiary/aromatic N) is 4. The lowest BCUT2D eigenvalue weighted by atomic mass is 10.1. The largest absolute Gasteiger partial charge is 0.349 e. The van der Waals surface area contributed by atoms with Crippen LogP contribution in [0.1, 0.15) is 16.2 Å². The van der Waals surface area contributed by atoms with Crippen molar-refractivity contribution in [3.8, 4) is 0 Å². The van der Waals surface area contributed by atoms with E-state index in [4.69, 9.17) is 0 Å². The Bertz CT molecular complexity index is 453. The summed E-state index contributed by atoms with van der Waals surface area (Å²) in [5, 5.41) is 10.8. The van der Waals surface area contributed by atoms with Crippen molar-refractivity contribution in [1.82, 2.24) is 25.3 Å². The van der Waals surface area contributed by atoms with E-state index in [2.05, 4.69) is 25.3 Å². The molecule has 1 atom stereocenters. The van der Waals surface area contributed by atoms with Crippen molar-refractivity contribution in [2.75, 3.05) is 39.3 Å². The quantitative estimate of drug-likeness (QED) is 0.796. The molecule has 6 nitrogen and oxygen atoms in total. The van der Waals surface area contributed by atoms with Gasteiger partial charge in [-0.15, -0.1) is 5.10 Å². The van der Waals surface area contributed by atoms with Crippen LogP contribution in [0, 0.1) is 6.92 Å². The molecule has 1 unspecified atom stereocenters. The molecule has 1 aromatic rings. The molecule has 3 fully saturated rings. The van der Waals surface area contributed by atoms with Crippen molar-refractivity contribution in [1.29, 1.82) is 0 Å². The van der Waals surface area contributed by atoms with Crippen LogP contribution in [0.2, 0.25) is 0 Å². The van der Waals surface area contributed by atoms with E-state index < -0.39 is 0 Å². The van der Waals surface area contributed by atoms with Crippen molar-refractivity contribution in [3.05, 3.63) is 23.5 Å². The molecule has 1 aromatic heterocycles. The third kappa shape index (κ3) is 2.74. The second kappa shape index (κ2) is 5.22. The molecule has 102 valence electrons. The van der Waals surface area contributed by atoms with E-state index in [1.54, 1.807) is 12.1 Å². The van der Waals surface area contributed by atoms with Crippen LogP contribution >= 0.6 is 0 Å². The van der Waals surface area contributed by atoms with Crippen molar-refractivity contribution in [2.45, 2.75) is 13.0 Å². The van der Waals surface area contributed by atoms with Gasteiger partial charge in [-0.05, 0) is 19.1 Å². The molecule has 0 aliphatic carbocycles. The Morgan fingerprint density at radius 3 is 2.68 bits per heavy atom. The lowest BCUT2D eigenvalue weighted by Gasteiger charge is -2.47. The number of amides is 1. The maximum Gasteiger partial charge on any atom is 0.271 e. The monoisotopic (exact) mass is 261 g/mol. The highest BCUT2D eigenvalue weighted by Crippen LogP contribution is 2.14. The summed E-state index contributed by atoms with van der Waals surface area (Å²) in [7, 11) is 0. The van der Waals surface area contributed by atoms with Gasteiger partial charge in [0.25, 0.3) is 5.91 Å². The number of piperazine rings is 3. The van der Waals surface area contributed by atoms with Crippen LogP contribution in [-0.4, -0.2) is 71.2 Å². The van der Waals surface area contributed by atoms with Crippen LogP contribution in [0.4, 0.5) is 0 Å². The highest BCUT2D eigenvalue weighted by atomic mass is 16.1. The number of nitrogens with one attached hydrogen (secondary N) is 1. The van der Waals surface area contributed by atoms with Gasteiger partial charge in [0.2, 0.25) is 0 Å². The average Bonchev–Trinajstić information content (AvgIpc) is 2.47. The van der Waals surface area contributed by atoms with Crippen molar-refractivity contribution < 1.29 is 4.79 Å². The fourth-order valence-electron chi connectivity index (χ4n) is 2.74. The van der Waals surface area contributed by atoms with E-state index in [0.29, 0.717) is 18.3 Å². The molecular weight excluding hydrogens is 242 g/mol. The highest BCUT2D eigenvalue weighted by molar-refractivity contribution is 5.92. The van der Waals surface area contributed by atoms with Gasteiger partial charge in [0.05, 0.1) is 5.69 Å². The van der Waals surface area contributed by atoms with Crippen molar-refractivity contribution in [3.63, 3.8) is 0 Å². The molecule has 1 N–H and O–H groups in total. The molecule has 6 heteroatoms. The van der Waals surface area contributed by atoms with Crippen molar-refractivity contribution >= 4 is 5.91 Å². The van der Waals surface area contributed by atoms with Crippen LogP contribution in [-0.2, 0) is 0 Å². The third-order valence-corrected chi connectivity index (χ3v) is 3.92. The Kier molecular flexibility index (Phi) is 3.44. The molecule has 0 aromatic carbocycles. The first-order valence-electron chi connectivity index (χ1n) is 6.77. The summed E-state index contributed by atoms with van der Waals surface area (Å²) in [5.41, 5.74) is 1.21. The summed E-state index contributed by atoms with van der Waals surface area (Å²) in [6.45, 7) is 8.15. The minimum atomic E-state index is -0.134. The number of aryl methyl sites for hydroxylation is 1. The van der Waals surface area contributed by atoms with Gasteiger partial charge in [-0.1, -0.05) is 0 Å². The average molecular weight is 261 g/mol. The van der Waals surface area contributed by atoms with Crippen LogP contribution in [0.5, 0.6) is 0 Å². The van der Waals surface area contributed by atoms with Crippen molar-refractivity contribution in [2.24, 2.45) is 0 Å². The first-order chi connectivity index (χ1) is 9.22. The van der Waals surface area contributed by atoms with Gasteiger partial charge in [-0.3, -0.25) is 14.6 Å². The number of hydrogen-bond acceptors (Lipinski definition) is 5. The number of aromatic nitrogens is 2. The third-order valence-electron chi connectivity index (χ3n) is 3.92. The van der Waals surface area contributed by atoms with Gasteiger partial charge in [-0.25, -0.2) is 0 Å². The number of hydrogen-bond donors (Lipinski definition) is 1. The molecule has 1 amide bonds. The molecular formula is C13H19N5O. The molecule has 3 saturated heterocycles. The standard InChI is InChI=1S/C13H19N5O/c1-10-2-3-12(16-15-10)13(19)14-8-11-9-17-4-6-18(11)7-5-17/h2-3,11H,4-9H2,1H3,(H,14,19). The molecule has 0 spiro atoms. The van der Waals surface area contributed by atoms with E-state index in [9.17, 15) is 4.79 Å². The first-order valence-corrected chi connectivity index (χ1v) is 6.77. The summed E-state index contributed by atoms with van der Waals surface area (Å²) < 4.78 is 0. The Hall–Kier alpha value is -1.53.